The molecule has 5 nitrogen and oxygen atoms in total. The number of hydrogen-bond acceptors (Lipinski definition) is 4. The number of ether oxygens (including phenoxy) is 1. The molecule has 0 fully saturated rings. The average molecular weight is 350 g/mol. The molecule has 26 heavy (non-hydrogen) atoms. The van der Waals surface area contributed by atoms with E-state index in [0.29, 0.717) is 25.2 Å². The Hall–Kier alpha value is -3.08. The Balaban J connectivity index is 1.67. The van der Waals surface area contributed by atoms with Crippen molar-refractivity contribution in [1.82, 2.24) is 4.90 Å². The molecule has 2 aromatic carbocycles. The van der Waals surface area contributed by atoms with E-state index in [0.717, 1.165) is 16.9 Å². The number of carbonyl (C=O) groups excluding carboxylic acids is 1. The summed E-state index contributed by atoms with van der Waals surface area (Å²) in [5.74, 6) is 0.661. The summed E-state index contributed by atoms with van der Waals surface area (Å²) in [6, 6.07) is 17.5. The fraction of sp³-hybridized carbons (Fsp3) is 0.238. The summed E-state index contributed by atoms with van der Waals surface area (Å²) < 4.78 is 5.17. The molecule has 3 rings (SSSR count). The molecule has 0 saturated carbocycles. The average Bonchev–Trinajstić information content (AvgIpc) is 3.18. The molecule has 1 aliphatic heterocycles. The van der Waals surface area contributed by atoms with Crippen molar-refractivity contribution in [2.75, 3.05) is 13.7 Å². The second-order valence-electron chi connectivity index (χ2n) is 6.07. The van der Waals surface area contributed by atoms with Gasteiger partial charge in [0.1, 0.15) is 11.5 Å². The second-order valence-corrected chi connectivity index (χ2v) is 6.07. The number of nitrogens with zero attached hydrogens (tertiary/aromatic N) is 2. The third-order valence-electron chi connectivity index (χ3n) is 4.26. The first-order valence-corrected chi connectivity index (χ1v) is 8.52. The van der Waals surface area contributed by atoms with Crippen molar-refractivity contribution in [3.63, 3.8) is 0 Å². The number of rotatable bonds is 7. The Morgan fingerprint density at radius 3 is 2.65 bits per heavy atom. The largest absolute Gasteiger partial charge is 0.497 e. The van der Waals surface area contributed by atoms with Crippen LogP contribution in [0.1, 0.15) is 23.7 Å². The van der Waals surface area contributed by atoms with E-state index in [1.807, 2.05) is 54.6 Å². The smallest absolute Gasteiger partial charge is 0.272 e. The number of hydrogen-bond donors (Lipinski definition) is 0. The van der Waals surface area contributed by atoms with Gasteiger partial charge in [-0.25, -0.2) is 0 Å². The highest BCUT2D eigenvalue weighted by molar-refractivity contribution is 6.39. The van der Waals surface area contributed by atoms with Gasteiger partial charge in [-0.2, -0.15) is 0 Å². The molecule has 0 saturated heterocycles. The van der Waals surface area contributed by atoms with E-state index in [1.165, 1.54) is 0 Å². The summed E-state index contributed by atoms with van der Waals surface area (Å²) in [6.07, 6.45) is 1.98. The minimum atomic E-state index is -0.207. The van der Waals surface area contributed by atoms with Crippen LogP contribution in [0.5, 0.6) is 5.75 Å². The molecular formula is C21H22N2O3. The highest BCUT2D eigenvalue weighted by Crippen LogP contribution is 2.27. The van der Waals surface area contributed by atoms with Gasteiger partial charge in [0, 0.05) is 19.5 Å². The SMILES string of the molecule is C=CCN(Cc1ccc(OC)cc1)C(=O)C1=NOC(c2ccccc2)C1. The van der Waals surface area contributed by atoms with Crippen LogP contribution in [0.2, 0.25) is 0 Å². The minimum absolute atomic E-state index is 0.126. The Morgan fingerprint density at radius 1 is 1.27 bits per heavy atom. The Bertz CT molecular complexity index is 785. The van der Waals surface area contributed by atoms with Gasteiger partial charge in [0.25, 0.3) is 5.91 Å². The van der Waals surface area contributed by atoms with E-state index in [-0.39, 0.29) is 12.0 Å². The van der Waals surface area contributed by atoms with Crippen molar-refractivity contribution >= 4 is 11.6 Å². The summed E-state index contributed by atoms with van der Waals surface area (Å²) in [5.41, 5.74) is 2.47. The summed E-state index contributed by atoms with van der Waals surface area (Å²) in [4.78, 5) is 20.1. The standard InChI is InChI=1S/C21H22N2O3/c1-3-13-23(15-16-9-11-18(25-2)12-10-16)21(24)19-14-20(26-22-19)17-7-5-4-6-8-17/h3-12,20H,1,13-15H2,2H3. The highest BCUT2D eigenvalue weighted by atomic mass is 16.6. The van der Waals surface area contributed by atoms with Crippen LogP contribution in [0.3, 0.4) is 0 Å². The first kappa shape index (κ1) is 17.7. The van der Waals surface area contributed by atoms with Crippen LogP contribution in [0.15, 0.2) is 72.4 Å². The Morgan fingerprint density at radius 2 is 2.00 bits per heavy atom. The Labute approximate surface area is 153 Å². The van der Waals surface area contributed by atoms with Gasteiger partial charge < -0.3 is 14.5 Å². The Kier molecular flexibility index (Phi) is 5.69. The van der Waals surface area contributed by atoms with Gasteiger partial charge in [-0.3, -0.25) is 4.79 Å². The van der Waals surface area contributed by atoms with Gasteiger partial charge >= 0.3 is 0 Å². The van der Waals surface area contributed by atoms with Crippen LogP contribution in [0, 0.1) is 0 Å². The van der Waals surface area contributed by atoms with Gasteiger partial charge in [-0.15, -0.1) is 6.58 Å². The lowest BCUT2D eigenvalue weighted by molar-refractivity contribution is -0.124. The molecule has 0 N–H and O–H groups in total. The van der Waals surface area contributed by atoms with E-state index in [4.69, 9.17) is 9.57 Å². The number of benzene rings is 2. The van der Waals surface area contributed by atoms with Gasteiger partial charge in [0.15, 0.2) is 6.10 Å². The molecule has 2 aromatic rings. The highest BCUT2D eigenvalue weighted by Gasteiger charge is 2.30. The summed E-state index contributed by atoms with van der Waals surface area (Å²) >= 11 is 0. The molecule has 0 bridgehead atoms. The predicted molar refractivity (Wildman–Crippen MR) is 101 cm³/mol. The molecule has 0 radical (unpaired) electrons. The fourth-order valence-corrected chi connectivity index (χ4v) is 2.86. The molecule has 0 aromatic heterocycles. The molecule has 1 unspecified atom stereocenters. The topological polar surface area (TPSA) is 51.1 Å². The lowest BCUT2D eigenvalue weighted by Gasteiger charge is -2.21. The molecule has 134 valence electrons. The van der Waals surface area contributed by atoms with Crippen molar-refractivity contribution in [3.05, 3.63) is 78.4 Å². The summed E-state index contributed by atoms with van der Waals surface area (Å²) in [5, 5.41) is 4.04. The van der Waals surface area contributed by atoms with Crippen LogP contribution in [0.4, 0.5) is 0 Å². The molecule has 1 amide bonds. The zero-order chi connectivity index (χ0) is 18.4. The monoisotopic (exact) mass is 350 g/mol. The van der Waals surface area contributed by atoms with Gasteiger partial charge in [0.2, 0.25) is 0 Å². The molecule has 5 heteroatoms. The number of amides is 1. The van der Waals surface area contributed by atoms with E-state index in [1.54, 1.807) is 18.1 Å². The van der Waals surface area contributed by atoms with Crippen LogP contribution in [-0.4, -0.2) is 30.2 Å². The van der Waals surface area contributed by atoms with Crippen molar-refractivity contribution in [1.29, 1.82) is 0 Å². The molecule has 1 atom stereocenters. The van der Waals surface area contributed by atoms with Crippen molar-refractivity contribution in [2.45, 2.75) is 19.1 Å². The normalized spacial score (nSPS) is 15.7. The zero-order valence-electron chi connectivity index (χ0n) is 14.8. The number of oxime groups is 1. The quantitative estimate of drug-likeness (QED) is 0.715. The maximum Gasteiger partial charge on any atom is 0.272 e. The zero-order valence-corrected chi connectivity index (χ0v) is 14.8. The van der Waals surface area contributed by atoms with E-state index in [9.17, 15) is 4.79 Å². The lowest BCUT2D eigenvalue weighted by Crippen LogP contribution is -2.35. The number of carbonyl (C=O) groups is 1. The summed E-state index contributed by atoms with van der Waals surface area (Å²) in [6.45, 7) is 4.68. The van der Waals surface area contributed by atoms with Crippen molar-refractivity contribution in [3.8, 4) is 5.75 Å². The van der Waals surface area contributed by atoms with Gasteiger partial charge in [-0.05, 0) is 23.3 Å². The van der Waals surface area contributed by atoms with E-state index >= 15 is 0 Å². The predicted octanol–water partition coefficient (Wildman–Crippen LogP) is 3.73. The molecule has 1 heterocycles. The third kappa shape index (κ3) is 4.11. The lowest BCUT2D eigenvalue weighted by atomic mass is 10.0. The maximum atomic E-state index is 12.9. The first-order valence-electron chi connectivity index (χ1n) is 8.52. The molecular weight excluding hydrogens is 328 g/mol. The van der Waals surface area contributed by atoms with Crippen molar-refractivity contribution in [2.24, 2.45) is 5.16 Å². The fourth-order valence-electron chi connectivity index (χ4n) is 2.86. The number of methoxy groups -OCH3 is 1. The van der Waals surface area contributed by atoms with Gasteiger partial charge in [0.05, 0.1) is 7.11 Å². The van der Waals surface area contributed by atoms with Crippen LogP contribution in [-0.2, 0) is 16.2 Å². The molecule has 0 spiro atoms. The van der Waals surface area contributed by atoms with Crippen molar-refractivity contribution < 1.29 is 14.4 Å². The second kappa shape index (κ2) is 8.34. The maximum absolute atomic E-state index is 12.9. The van der Waals surface area contributed by atoms with Gasteiger partial charge in [-0.1, -0.05) is 53.7 Å². The minimum Gasteiger partial charge on any atom is -0.497 e. The summed E-state index contributed by atoms with van der Waals surface area (Å²) in [7, 11) is 1.63. The van der Waals surface area contributed by atoms with Crippen LogP contribution < -0.4 is 4.74 Å². The van der Waals surface area contributed by atoms with Crippen LogP contribution >= 0.6 is 0 Å². The molecule has 1 aliphatic rings. The van der Waals surface area contributed by atoms with E-state index in [2.05, 4.69) is 11.7 Å². The third-order valence-corrected chi connectivity index (χ3v) is 4.26. The first-order chi connectivity index (χ1) is 12.7. The van der Waals surface area contributed by atoms with Crippen LogP contribution in [0.25, 0.3) is 0 Å². The molecule has 0 aliphatic carbocycles. The van der Waals surface area contributed by atoms with E-state index < -0.39 is 0 Å².